The number of hydrogen-bond acceptors (Lipinski definition) is 4. The van der Waals surface area contributed by atoms with Crippen LogP contribution < -0.4 is 15.6 Å². The fourth-order valence-corrected chi connectivity index (χ4v) is 2.86. The Morgan fingerprint density at radius 2 is 1.74 bits per heavy atom. The van der Waals surface area contributed by atoms with Gasteiger partial charge in [-0.1, -0.05) is 0 Å². The zero-order valence-corrected chi connectivity index (χ0v) is 15.2. The first-order chi connectivity index (χ1) is 12.9. The van der Waals surface area contributed by atoms with Crippen LogP contribution in [-0.4, -0.2) is 28.5 Å². The molecule has 7 nitrogen and oxygen atoms in total. The topological polar surface area (TPSA) is 85.3 Å². The molecule has 2 N–H and O–H groups in total. The van der Waals surface area contributed by atoms with Gasteiger partial charge in [0, 0.05) is 17.7 Å². The van der Waals surface area contributed by atoms with Crippen molar-refractivity contribution in [2.24, 2.45) is 0 Å². The number of hydrazine groups is 1. The van der Waals surface area contributed by atoms with Crippen LogP contribution in [0.5, 0.6) is 5.75 Å². The van der Waals surface area contributed by atoms with Gasteiger partial charge in [-0.25, -0.2) is 9.37 Å². The van der Waals surface area contributed by atoms with E-state index in [2.05, 4.69) is 15.8 Å². The van der Waals surface area contributed by atoms with Crippen molar-refractivity contribution in [2.45, 2.75) is 20.4 Å². The number of aryl methyl sites for hydroxylation is 2. The van der Waals surface area contributed by atoms with Crippen molar-refractivity contribution < 1.29 is 18.7 Å². The van der Waals surface area contributed by atoms with Crippen molar-refractivity contribution >= 4 is 22.8 Å². The number of halogens is 1. The van der Waals surface area contributed by atoms with Gasteiger partial charge in [-0.3, -0.25) is 20.4 Å². The number of aromatic nitrogens is 2. The van der Waals surface area contributed by atoms with E-state index in [9.17, 15) is 14.0 Å². The fraction of sp³-hybridized carbons (Fsp3) is 0.211. The molecule has 2 aromatic carbocycles. The number of benzene rings is 2. The SMILES string of the molecule is CCn1c(C)nc2cc(C(=O)NNC(=O)c3ccc(OC)c(F)c3)ccc21. The summed E-state index contributed by atoms with van der Waals surface area (Å²) in [6, 6.07) is 8.90. The van der Waals surface area contributed by atoms with Crippen molar-refractivity contribution in [1.82, 2.24) is 20.4 Å². The molecule has 2 amide bonds. The number of nitrogens with one attached hydrogen (secondary N) is 2. The maximum Gasteiger partial charge on any atom is 0.269 e. The molecule has 3 rings (SSSR count). The Morgan fingerprint density at radius 1 is 1.11 bits per heavy atom. The molecule has 0 radical (unpaired) electrons. The minimum Gasteiger partial charge on any atom is -0.494 e. The summed E-state index contributed by atoms with van der Waals surface area (Å²) < 4.78 is 20.5. The molecule has 3 aromatic rings. The van der Waals surface area contributed by atoms with E-state index in [1.54, 1.807) is 12.1 Å². The summed E-state index contributed by atoms with van der Waals surface area (Å²) in [5.41, 5.74) is 6.63. The highest BCUT2D eigenvalue weighted by Gasteiger charge is 2.14. The van der Waals surface area contributed by atoms with E-state index in [4.69, 9.17) is 4.74 Å². The molecule has 0 saturated heterocycles. The second-order valence-electron chi connectivity index (χ2n) is 5.86. The lowest BCUT2D eigenvalue weighted by Crippen LogP contribution is -2.41. The van der Waals surface area contributed by atoms with Crippen molar-refractivity contribution in [3.8, 4) is 5.75 Å². The van der Waals surface area contributed by atoms with E-state index in [1.807, 2.05) is 24.5 Å². The zero-order chi connectivity index (χ0) is 19.6. The number of carbonyl (C=O) groups is 2. The average molecular weight is 370 g/mol. The molecule has 140 valence electrons. The minimum absolute atomic E-state index is 0.0331. The number of rotatable bonds is 4. The van der Waals surface area contributed by atoms with Crippen molar-refractivity contribution in [1.29, 1.82) is 0 Å². The molecule has 1 heterocycles. The molecule has 0 saturated carbocycles. The van der Waals surface area contributed by atoms with Crippen LogP contribution in [0, 0.1) is 12.7 Å². The van der Waals surface area contributed by atoms with Crippen LogP contribution in [0.15, 0.2) is 36.4 Å². The highest BCUT2D eigenvalue weighted by molar-refractivity contribution is 6.00. The molecule has 8 heteroatoms. The first-order valence-corrected chi connectivity index (χ1v) is 8.35. The van der Waals surface area contributed by atoms with Gasteiger partial charge >= 0.3 is 0 Å². The molecular formula is C19H19FN4O3. The molecule has 0 atom stereocenters. The zero-order valence-electron chi connectivity index (χ0n) is 15.2. The maximum absolute atomic E-state index is 13.7. The second-order valence-corrected chi connectivity index (χ2v) is 5.86. The normalized spacial score (nSPS) is 10.7. The predicted molar refractivity (Wildman–Crippen MR) is 98.0 cm³/mol. The van der Waals surface area contributed by atoms with Crippen LogP contribution in [-0.2, 0) is 6.54 Å². The van der Waals surface area contributed by atoms with E-state index in [0.29, 0.717) is 11.1 Å². The largest absolute Gasteiger partial charge is 0.494 e. The lowest BCUT2D eigenvalue weighted by Gasteiger charge is -2.09. The number of ether oxygens (including phenoxy) is 1. The van der Waals surface area contributed by atoms with Crippen molar-refractivity contribution in [3.05, 3.63) is 59.2 Å². The lowest BCUT2D eigenvalue weighted by molar-refractivity contribution is 0.0846. The Bertz CT molecular complexity index is 1030. The molecule has 0 aliphatic heterocycles. The lowest BCUT2D eigenvalue weighted by atomic mass is 10.2. The smallest absolute Gasteiger partial charge is 0.269 e. The Kier molecular flexibility index (Phi) is 5.07. The first-order valence-electron chi connectivity index (χ1n) is 8.35. The number of nitrogens with zero attached hydrogens (tertiary/aromatic N) is 2. The average Bonchev–Trinajstić information content (AvgIpc) is 2.99. The molecular weight excluding hydrogens is 351 g/mol. The van der Waals surface area contributed by atoms with Gasteiger partial charge in [-0.2, -0.15) is 0 Å². The Morgan fingerprint density at radius 3 is 2.33 bits per heavy atom. The van der Waals surface area contributed by atoms with Crippen LogP contribution >= 0.6 is 0 Å². The van der Waals surface area contributed by atoms with E-state index < -0.39 is 17.6 Å². The first kappa shape index (κ1) is 18.4. The van der Waals surface area contributed by atoms with Crippen molar-refractivity contribution in [2.75, 3.05) is 7.11 Å². The summed E-state index contributed by atoms with van der Waals surface area (Å²) in [5, 5.41) is 0. The molecule has 0 spiro atoms. The van der Waals surface area contributed by atoms with Crippen LogP contribution in [0.4, 0.5) is 4.39 Å². The summed E-state index contributed by atoms with van der Waals surface area (Å²) in [6.45, 7) is 4.70. The van der Waals surface area contributed by atoms with Gasteiger partial charge in [0.05, 0.1) is 18.1 Å². The number of amides is 2. The third kappa shape index (κ3) is 3.59. The minimum atomic E-state index is -0.663. The molecule has 0 bridgehead atoms. The molecule has 27 heavy (non-hydrogen) atoms. The van der Waals surface area contributed by atoms with Crippen LogP contribution in [0.3, 0.4) is 0 Å². The molecule has 1 aromatic heterocycles. The summed E-state index contributed by atoms with van der Waals surface area (Å²) in [7, 11) is 1.33. The Balaban J connectivity index is 1.71. The van der Waals surface area contributed by atoms with Crippen LogP contribution in [0.2, 0.25) is 0 Å². The number of methoxy groups -OCH3 is 1. The van der Waals surface area contributed by atoms with E-state index in [1.165, 1.54) is 19.2 Å². The van der Waals surface area contributed by atoms with Gasteiger partial charge in [0.1, 0.15) is 5.82 Å². The molecule has 0 fully saturated rings. The van der Waals surface area contributed by atoms with E-state index in [-0.39, 0.29) is 11.3 Å². The fourth-order valence-electron chi connectivity index (χ4n) is 2.86. The van der Waals surface area contributed by atoms with Crippen LogP contribution in [0.25, 0.3) is 11.0 Å². The maximum atomic E-state index is 13.7. The summed E-state index contributed by atoms with van der Waals surface area (Å²) in [6.07, 6.45) is 0. The summed E-state index contributed by atoms with van der Waals surface area (Å²) in [5.74, 6) is -0.908. The molecule has 0 unspecified atom stereocenters. The van der Waals surface area contributed by atoms with Crippen LogP contribution in [0.1, 0.15) is 33.5 Å². The summed E-state index contributed by atoms with van der Waals surface area (Å²) >= 11 is 0. The van der Waals surface area contributed by atoms with Gasteiger partial charge < -0.3 is 9.30 Å². The molecule has 0 aliphatic rings. The number of imidazole rings is 1. The number of hydrogen-bond donors (Lipinski definition) is 2. The quantitative estimate of drug-likeness (QED) is 0.692. The standard InChI is InChI=1S/C19H19FN4O3/c1-4-24-11(2)21-15-10-13(5-7-16(15)24)19(26)23-22-18(25)12-6-8-17(27-3)14(20)9-12/h5-10H,4H2,1-3H3,(H,22,25)(H,23,26). The van der Waals surface area contributed by atoms with Gasteiger partial charge in [-0.05, 0) is 50.2 Å². The van der Waals surface area contributed by atoms with E-state index >= 15 is 0 Å². The Labute approximate surface area is 155 Å². The summed E-state index contributed by atoms with van der Waals surface area (Å²) in [4.78, 5) is 28.8. The predicted octanol–water partition coefficient (Wildman–Crippen LogP) is 2.59. The van der Waals surface area contributed by atoms with Gasteiger partial charge in [0.25, 0.3) is 11.8 Å². The van der Waals surface area contributed by atoms with Crippen molar-refractivity contribution in [3.63, 3.8) is 0 Å². The monoisotopic (exact) mass is 370 g/mol. The highest BCUT2D eigenvalue weighted by Crippen LogP contribution is 2.18. The van der Waals surface area contributed by atoms with Gasteiger partial charge in [0.2, 0.25) is 0 Å². The van der Waals surface area contributed by atoms with E-state index in [0.717, 1.165) is 24.0 Å². The Hall–Kier alpha value is -3.42. The number of fused-ring (bicyclic) bond motifs is 1. The second kappa shape index (κ2) is 7.45. The van der Waals surface area contributed by atoms with Gasteiger partial charge in [-0.15, -0.1) is 0 Å². The highest BCUT2D eigenvalue weighted by atomic mass is 19.1. The third-order valence-electron chi connectivity index (χ3n) is 4.22. The third-order valence-corrected chi connectivity index (χ3v) is 4.22. The van der Waals surface area contributed by atoms with Gasteiger partial charge in [0.15, 0.2) is 11.6 Å². The number of carbonyl (C=O) groups excluding carboxylic acids is 2. The molecule has 0 aliphatic carbocycles.